The van der Waals surface area contributed by atoms with Crippen molar-refractivity contribution < 1.29 is 0 Å². The Balaban J connectivity index is 1.37. The lowest BCUT2D eigenvalue weighted by atomic mass is 9.77. The molecule has 0 radical (unpaired) electrons. The molecule has 0 saturated carbocycles. The maximum Gasteiger partial charge on any atom is 0.0569 e. The molecule has 10 aromatic carbocycles. The van der Waals surface area contributed by atoms with Crippen LogP contribution in [0.5, 0.6) is 0 Å². The lowest BCUT2D eigenvalue weighted by Crippen LogP contribution is -2.18. The van der Waals surface area contributed by atoms with Crippen molar-refractivity contribution in [1.29, 1.82) is 0 Å². The maximum atomic E-state index is 2.54. The minimum absolute atomic E-state index is 0.162. The zero-order chi connectivity index (χ0) is 44.3. The molecule has 0 aliphatic rings. The van der Waals surface area contributed by atoms with Crippen LogP contribution in [-0.2, 0) is 10.8 Å². The van der Waals surface area contributed by atoms with E-state index in [0.29, 0.717) is 0 Å². The Morgan fingerprint density at radius 2 is 0.656 bits per heavy atom. The predicted octanol–water partition coefficient (Wildman–Crippen LogP) is 18.1. The Bertz CT molecular complexity index is 3060. The smallest absolute Gasteiger partial charge is 0.0569 e. The van der Waals surface area contributed by atoms with Crippen molar-refractivity contribution in [1.82, 2.24) is 0 Å². The SMILES string of the molecule is Cc1cccc(-c2ccccc2)c1N(c1ccccc1)c1cc(C(C)(C)C)c2ccc3c(N(c4ccccc4)c4c(C)cccc4-c4ccccc4)cc(C(C)(C)C)c4ccc1c2c34. The summed E-state index contributed by atoms with van der Waals surface area (Å²) in [5.41, 5.74) is 16.6. The first-order valence-electron chi connectivity index (χ1n) is 22.7. The Hall–Kier alpha value is -7.16. The number of benzene rings is 10. The van der Waals surface area contributed by atoms with Crippen LogP contribution in [0.3, 0.4) is 0 Å². The third-order valence-corrected chi connectivity index (χ3v) is 13.1. The number of aryl methyl sites for hydroxylation is 2. The van der Waals surface area contributed by atoms with Gasteiger partial charge in [0.05, 0.1) is 22.7 Å². The van der Waals surface area contributed by atoms with Gasteiger partial charge in [0.25, 0.3) is 0 Å². The molecule has 2 nitrogen and oxygen atoms in total. The molecule has 0 aliphatic heterocycles. The highest BCUT2D eigenvalue weighted by Gasteiger charge is 2.31. The maximum absolute atomic E-state index is 2.54. The van der Waals surface area contributed by atoms with E-state index in [1.165, 1.54) is 99.6 Å². The van der Waals surface area contributed by atoms with Gasteiger partial charge in [-0.15, -0.1) is 0 Å². The summed E-state index contributed by atoms with van der Waals surface area (Å²) in [6, 6.07) is 71.8. The lowest BCUT2D eigenvalue weighted by molar-refractivity contribution is 0.595. The number of hydrogen-bond acceptors (Lipinski definition) is 2. The van der Waals surface area contributed by atoms with Crippen LogP contribution < -0.4 is 9.80 Å². The fraction of sp³-hybridized carbons (Fsp3) is 0.161. The molecule has 0 amide bonds. The number of anilines is 6. The largest absolute Gasteiger partial charge is 0.309 e. The van der Waals surface area contributed by atoms with Gasteiger partial charge in [0, 0.05) is 33.3 Å². The Kier molecular flexibility index (Phi) is 10.1. The Labute approximate surface area is 379 Å². The molecule has 0 unspecified atom stereocenters. The number of hydrogen-bond donors (Lipinski definition) is 0. The normalized spacial score (nSPS) is 12.1. The molecule has 0 aliphatic carbocycles. The van der Waals surface area contributed by atoms with E-state index < -0.39 is 0 Å². The molecule has 0 aromatic heterocycles. The van der Waals surface area contributed by atoms with Crippen molar-refractivity contribution in [3.8, 4) is 22.3 Å². The lowest BCUT2D eigenvalue weighted by Gasteiger charge is -2.35. The van der Waals surface area contributed by atoms with Crippen LogP contribution in [0.15, 0.2) is 194 Å². The number of para-hydroxylation sites is 4. The van der Waals surface area contributed by atoms with Gasteiger partial charge < -0.3 is 9.80 Å². The highest BCUT2D eigenvalue weighted by molar-refractivity contribution is 6.30. The van der Waals surface area contributed by atoms with Crippen molar-refractivity contribution in [2.75, 3.05) is 9.80 Å². The summed E-state index contributed by atoms with van der Waals surface area (Å²) in [6.07, 6.45) is 0. The van der Waals surface area contributed by atoms with Gasteiger partial charge in [-0.2, -0.15) is 0 Å². The number of nitrogens with zero attached hydrogens (tertiary/aromatic N) is 2. The van der Waals surface area contributed by atoms with Crippen LogP contribution in [0.4, 0.5) is 34.1 Å². The molecular formula is C62H56N2. The third-order valence-electron chi connectivity index (χ3n) is 13.1. The zero-order valence-corrected chi connectivity index (χ0v) is 38.4. The quantitative estimate of drug-likeness (QED) is 0.141. The highest BCUT2D eigenvalue weighted by atomic mass is 15.2. The van der Waals surface area contributed by atoms with E-state index >= 15 is 0 Å². The monoisotopic (exact) mass is 828 g/mol. The summed E-state index contributed by atoms with van der Waals surface area (Å²) in [5.74, 6) is 0. The van der Waals surface area contributed by atoms with E-state index in [1.54, 1.807) is 0 Å². The van der Waals surface area contributed by atoms with Crippen molar-refractivity contribution in [3.63, 3.8) is 0 Å². The van der Waals surface area contributed by atoms with Crippen molar-refractivity contribution in [2.45, 2.75) is 66.2 Å². The summed E-state index contributed by atoms with van der Waals surface area (Å²) in [5, 5.41) is 7.68. The van der Waals surface area contributed by atoms with Gasteiger partial charge in [0.15, 0.2) is 0 Å². The van der Waals surface area contributed by atoms with E-state index in [0.717, 1.165) is 11.4 Å². The molecule has 0 bridgehead atoms. The van der Waals surface area contributed by atoms with E-state index in [2.05, 4.69) is 259 Å². The minimum atomic E-state index is -0.162. The van der Waals surface area contributed by atoms with E-state index in [4.69, 9.17) is 0 Å². The van der Waals surface area contributed by atoms with Gasteiger partial charge in [0.2, 0.25) is 0 Å². The topological polar surface area (TPSA) is 6.48 Å². The molecule has 10 aromatic rings. The van der Waals surface area contributed by atoms with E-state index in [9.17, 15) is 0 Å². The molecule has 0 N–H and O–H groups in total. The molecule has 2 heteroatoms. The van der Waals surface area contributed by atoms with E-state index in [-0.39, 0.29) is 10.8 Å². The van der Waals surface area contributed by atoms with Gasteiger partial charge in [-0.1, -0.05) is 199 Å². The van der Waals surface area contributed by atoms with Crippen LogP contribution >= 0.6 is 0 Å². The fourth-order valence-corrected chi connectivity index (χ4v) is 10.1. The van der Waals surface area contributed by atoms with Crippen LogP contribution in [0.1, 0.15) is 63.8 Å². The molecule has 314 valence electrons. The predicted molar refractivity (Wildman–Crippen MR) is 277 cm³/mol. The Morgan fingerprint density at radius 1 is 0.328 bits per heavy atom. The second-order valence-corrected chi connectivity index (χ2v) is 19.5. The first-order chi connectivity index (χ1) is 30.9. The van der Waals surface area contributed by atoms with Crippen molar-refractivity contribution in [2.24, 2.45) is 0 Å². The summed E-state index contributed by atoms with van der Waals surface area (Å²) >= 11 is 0. The highest BCUT2D eigenvalue weighted by Crippen LogP contribution is 2.54. The molecule has 0 atom stereocenters. The molecule has 64 heavy (non-hydrogen) atoms. The second-order valence-electron chi connectivity index (χ2n) is 19.5. The summed E-state index contributed by atoms with van der Waals surface area (Å²) < 4.78 is 0. The van der Waals surface area contributed by atoms with Gasteiger partial charge in [-0.25, -0.2) is 0 Å². The molecule has 0 heterocycles. The minimum Gasteiger partial charge on any atom is -0.309 e. The summed E-state index contributed by atoms with van der Waals surface area (Å²) in [4.78, 5) is 5.08. The first-order valence-corrected chi connectivity index (χ1v) is 22.7. The molecule has 0 spiro atoms. The van der Waals surface area contributed by atoms with Crippen LogP contribution in [-0.4, -0.2) is 0 Å². The van der Waals surface area contributed by atoms with Gasteiger partial charge in [-0.3, -0.25) is 0 Å². The first kappa shape index (κ1) is 40.9. The van der Waals surface area contributed by atoms with Crippen LogP contribution in [0.2, 0.25) is 0 Å². The standard InChI is InChI=1S/C62H56N2/c1-41-23-21-33-47(43-25-13-9-14-26-43)59(41)63(45-29-17-11-18-30-45)55-39-53(61(3,4)5)49-36-38-52-56(40-54(62(6,7)8)50-35-37-51(55)57(49)58(50)52)64(46-31-19-12-20-32-46)60-42(2)24-22-34-48(60)44-27-15-10-16-28-44/h9-40H,1-8H3. The molecular weight excluding hydrogens is 773 g/mol. The summed E-state index contributed by atoms with van der Waals surface area (Å²) in [6.45, 7) is 18.7. The van der Waals surface area contributed by atoms with Crippen molar-refractivity contribution in [3.05, 3.63) is 216 Å². The fourth-order valence-electron chi connectivity index (χ4n) is 10.1. The molecule has 0 fully saturated rings. The molecule has 0 saturated heterocycles. The Morgan fingerprint density at radius 3 is 1.00 bits per heavy atom. The summed E-state index contributed by atoms with van der Waals surface area (Å²) in [7, 11) is 0. The zero-order valence-electron chi connectivity index (χ0n) is 38.4. The second kappa shape index (κ2) is 15.9. The van der Waals surface area contributed by atoms with Crippen LogP contribution in [0, 0.1) is 13.8 Å². The van der Waals surface area contributed by atoms with Gasteiger partial charge in [0.1, 0.15) is 0 Å². The number of rotatable bonds is 8. The van der Waals surface area contributed by atoms with Gasteiger partial charge >= 0.3 is 0 Å². The van der Waals surface area contributed by atoms with E-state index in [1.807, 2.05) is 0 Å². The van der Waals surface area contributed by atoms with Crippen molar-refractivity contribution >= 4 is 66.4 Å². The van der Waals surface area contributed by atoms with Gasteiger partial charge in [-0.05, 0) is 116 Å². The molecule has 10 rings (SSSR count). The average Bonchev–Trinajstić information content (AvgIpc) is 3.30. The van der Waals surface area contributed by atoms with Crippen LogP contribution in [0.25, 0.3) is 54.6 Å². The third kappa shape index (κ3) is 6.99. The average molecular weight is 829 g/mol.